The summed E-state index contributed by atoms with van der Waals surface area (Å²) in [6, 6.07) is 34.5. The maximum absolute atomic E-state index is 14.1. The van der Waals surface area contributed by atoms with Crippen LogP contribution in [0.2, 0.25) is 0 Å². The summed E-state index contributed by atoms with van der Waals surface area (Å²) in [5.74, 6) is 0.483. The molecule has 3 aromatic carbocycles. The molecule has 0 fully saturated rings. The number of rotatable bonds is 25. The van der Waals surface area contributed by atoms with Gasteiger partial charge in [0, 0.05) is 113 Å². The molecule has 12 rings (SSSR count). The number of nitrogens with one attached hydrogen (secondary N) is 7. The first-order chi connectivity index (χ1) is 45.9. The van der Waals surface area contributed by atoms with Crippen molar-refractivity contribution >= 4 is 119 Å². The first kappa shape index (κ1) is 64.4. The molecular weight excluding hydrogens is 1280 g/mol. The number of amides is 3. The molecule has 0 aliphatic carbocycles. The second-order valence-electron chi connectivity index (χ2n) is 22.6. The molecule has 21 nitrogen and oxygen atoms in total. The lowest BCUT2D eigenvalue weighted by atomic mass is 9.92. The highest BCUT2D eigenvalue weighted by atomic mass is 32.1. The van der Waals surface area contributed by atoms with Crippen LogP contribution in [0, 0.1) is 0 Å². The summed E-state index contributed by atoms with van der Waals surface area (Å²) < 4.78 is 63.7. The molecule has 484 valence electrons. The number of alkyl halides is 3. The summed E-state index contributed by atoms with van der Waals surface area (Å²) in [7, 11) is 1.62. The minimum Gasteiger partial charge on any atom is -0.493 e. The van der Waals surface area contributed by atoms with Gasteiger partial charge >= 0.3 is 6.18 Å². The smallest absolute Gasteiger partial charge is 0.416 e. The number of hydrogen-bond acceptors (Lipinski definition) is 20. The van der Waals surface area contributed by atoms with E-state index in [9.17, 15) is 32.7 Å². The molecule has 0 saturated heterocycles. The zero-order valence-corrected chi connectivity index (χ0v) is 53.8. The first-order valence-electron chi connectivity index (χ1n) is 29.6. The standard InChI is InChI=1S/C68H60F3N13O8S3/c1-67(2,3)57-31-59(84-83-57)82-66(88)63-56(78-34-39-14-19-72-52-26-43(6-9-48(39)52)90-23-22-89-4)30-47(95-63)37-92-45-8-11-50-40(15-20-74-54(50)28-45)33-77-55-29-46(94-62(55)65(87)80-42-5-12-60(85)79-35-42)36-91-44-7-10-49-38(13-18-73-53(49)27-44)32-76-51-17-24-93-61(51)64(86)81-58-25-41(16-21-75-58)68(69,70)71/h5-21,24-31,35,76-78H,22-23,32-34,36-37H2,1-4H3,(H,79,85)(H,80,87)(H,75,81,86)(H2,82,83,84,88). The van der Waals surface area contributed by atoms with Crippen molar-refractivity contribution in [3.05, 3.63) is 210 Å². The number of carbonyl (C=O) groups excluding carboxylic acids is 3. The zero-order chi connectivity index (χ0) is 66.2. The van der Waals surface area contributed by atoms with Crippen LogP contribution in [-0.4, -0.2) is 78.3 Å². The SMILES string of the molecule is COCCOc1ccc2c(CNc3cc(COc4ccc5c(CNc6cc(COc7ccc8c(CNc9ccsc9C(=O)Nc9cc(C(F)(F)F)ccn9)ccnc8c7)sc6C(=O)Nc6ccc(O)nc6)ccnc5c4)sc3C(=O)Nc3cc(C(C)(C)C)n[nH]3)ccnc2c1. The third-order valence-corrected chi connectivity index (χ3v) is 18.0. The molecule has 0 unspecified atom stereocenters. The van der Waals surface area contributed by atoms with Crippen molar-refractivity contribution in [2.24, 2.45) is 0 Å². The van der Waals surface area contributed by atoms with Gasteiger partial charge in [-0.05, 0) is 113 Å². The molecule has 0 spiro atoms. The zero-order valence-electron chi connectivity index (χ0n) is 51.3. The minimum absolute atomic E-state index is 0.0955. The van der Waals surface area contributed by atoms with Crippen molar-refractivity contribution in [3.63, 3.8) is 0 Å². The molecule has 3 amide bonds. The molecule has 0 saturated carbocycles. The molecule has 9 aromatic heterocycles. The number of hydrogen-bond donors (Lipinski definition) is 8. The topological polar surface area (TPSA) is 274 Å². The normalized spacial score (nSPS) is 11.6. The molecule has 12 aromatic rings. The van der Waals surface area contributed by atoms with Gasteiger partial charge in [0.1, 0.15) is 63.3 Å². The van der Waals surface area contributed by atoms with Crippen molar-refractivity contribution in [3.8, 4) is 23.1 Å². The molecule has 0 aliphatic heterocycles. The van der Waals surface area contributed by atoms with Crippen LogP contribution in [0.25, 0.3) is 32.7 Å². The highest BCUT2D eigenvalue weighted by Gasteiger charge is 2.31. The fourth-order valence-electron chi connectivity index (χ4n) is 10.1. The summed E-state index contributed by atoms with van der Waals surface area (Å²) in [4.78, 5) is 65.6. The van der Waals surface area contributed by atoms with Crippen LogP contribution in [0.4, 0.5) is 47.6 Å². The number of pyridine rings is 5. The summed E-state index contributed by atoms with van der Waals surface area (Å²) in [6.45, 7) is 8.24. The number of ether oxygens (including phenoxy) is 4. The van der Waals surface area contributed by atoms with E-state index in [4.69, 9.17) is 23.9 Å². The van der Waals surface area contributed by atoms with Crippen molar-refractivity contribution in [1.82, 2.24) is 35.1 Å². The predicted molar refractivity (Wildman–Crippen MR) is 362 cm³/mol. The van der Waals surface area contributed by atoms with Crippen molar-refractivity contribution in [1.29, 1.82) is 0 Å². The summed E-state index contributed by atoms with van der Waals surface area (Å²) >= 11 is 3.69. The minimum atomic E-state index is -4.60. The third-order valence-electron chi connectivity index (χ3n) is 14.9. The van der Waals surface area contributed by atoms with Crippen LogP contribution in [0.5, 0.6) is 23.1 Å². The van der Waals surface area contributed by atoms with Gasteiger partial charge in [0.05, 0.1) is 63.4 Å². The van der Waals surface area contributed by atoms with E-state index in [-0.39, 0.29) is 47.7 Å². The second-order valence-corrected chi connectivity index (χ2v) is 25.8. The Balaban J connectivity index is 0.719. The Bertz CT molecular complexity index is 4780. The maximum atomic E-state index is 14.1. The van der Waals surface area contributed by atoms with E-state index in [0.717, 1.165) is 83.5 Å². The Hall–Kier alpha value is -10.7. The number of methoxy groups -OCH3 is 1. The summed E-state index contributed by atoms with van der Waals surface area (Å²) in [5.41, 5.74) is 6.47. The monoisotopic (exact) mass is 1340 g/mol. The molecule has 95 heavy (non-hydrogen) atoms. The second kappa shape index (κ2) is 28.2. The van der Waals surface area contributed by atoms with E-state index in [2.05, 4.69) is 62.0 Å². The number of carbonyl (C=O) groups is 3. The number of aromatic hydroxyl groups is 1. The summed E-state index contributed by atoms with van der Waals surface area (Å²) in [6.07, 6.45) is 2.87. The van der Waals surface area contributed by atoms with Gasteiger partial charge in [0.15, 0.2) is 0 Å². The van der Waals surface area contributed by atoms with Crippen LogP contribution in [0.1, 0.15) is 87.5 Å². The lowest BCUT2D eigenvalue weighted by Gasteiger charge is -2.13. The maximum Gasteiger partial charge on any atom is 0.416 e. The van der Waals surface area contributed by atoms with E-state index in [1.807, 2.05) is 106 Å². The van der Waals surface area contributed by atoms with Crippen molar-refractivity contribution < 1.29 is 51.6 Å². The quantitative estimate of drug-likeness (QED) is 0.0247. The number of halogens is 3. The predicted octanol–water partition coefficient (Wildman–Crippen LogP) is 14.8. The van der Waals surface area contributed by atoms with Crippen LogP contribution in [0.3, 0.4) is 0 Å². The number of benzene rings is 3. The van der Waals surface area contributed by atoms with E-state index < -0.39 is 23.6 Å². The number of anilines is 6. The molecule has 27 heteroatoms. The van der Waals surface area contributed by atoms with E-state index >= 15 is 0 Å². The van der Waals surface area contributed by atoms with Gasteiger partial charge in [-0.15, -0.1) is 34.0 Å². The van der Waals surface area contributed by atoms with E-state index in [1.54, 1.807) is 49.3 Å². The number of aromatic nitrogens is 7. The fourth-order valence-corrected chi connectivity index (χ4v) is 12.8. The Labute approximate surface area is 553 Å². The Morgan fingerprint density at radius 2 is 1.07 bits per heavy atom. The lowest BCUT2D eigenvalue weighted by molar-refractivity contribution is -0.137. The number of nitrogens with zero attached hydrogens (tertiary/aromatic N) is 6. The first-order valence-corrected chi connectivity index (χ1v) is 32.1. The van der Waals surface area contributed by atoms with Crippen LogP contribution in [0.15, 0.2) is 158 Å². The Morgan fingerprint density at radius 3 is 1.59 bits per heavy atom. The van der Waals surface area contributed by atoms with Crippen LogP contribution in [-0.2, 0) is 49.2 Å². The lowest BCUT2D eigenvalue weighted by Crippen LogP contribution is -2.15. The summed E-state index contributed by atoms with van der Waals surface area (Å²) in [5, 5.41) is 40.1. The fraction of sp³-hybridized carbons (Fsp3) is 0.191. The highest BCUT2D eigenvalue weighted by molar-refractivity contribution is 7.15. The average Bonchev–Trinajstić information content (AvgIpc) is 1.76. The van der Waals surface area contributed by atoms with Gasteiger partial charge < -0.3 is 56.0 Å². The molecule has 8 N–H and O–H groups in total. The van der Waals surface area contributed by atoms with Gasteiger partial charge in [0.25, 0.3) is 17.7 Å². The number of aromatic amines is 1. The number of thiophene rings is 3. The van der Waals surface area contributed by atoms with Gasteiger partial charge in [0.2, 0.25) is 5.88 Å². The Morgan fingerprint density at radius 1 is 0.547 bits per heavy atom. The van der Waals surface area contributed by atoms with E-state index in [0.29, 0.717) is 92.9 Å². The van der Waals surface area contributed by atoms with Crippen LogP contribution < -0.4 is 46.1 Å². The van der Waals surface area contributed by atoms with Gasteiger partial charge in [-0.25, -0.2) is 9.97 Å². The van der Waals surface area contributed by atoms with Crippen molar-refractivity contribution in [2.75, 3.05) is 52.2 Å². The molecule has 0 radical (unpaired) electrons. The van der Waals surface area contributed by atoms with Gasteiger partial charge in [-0.2, -0.15) is 18.3 Å². The average molecular weight is 1340 g/mol. The Kier molecular flexibility index (Phi) is 19.1. The van der Waals surface area contributed by atoms with Gasteiger partial charge in [-0.3, -0.25) is 34.4 Å². The molecule has 0 bridgehead atoms. The van der Waals surface area contributed by atoms with Gasteiger partial charge in [-0.1, -0.05) is 20.8 Å². The number of fused-ring (bicyclic) bond motifs is 3. The highest BCUT2D eigenvalue weighted by Crippen LogP contribution is 2.36. The van der Waals surface area contributed by atoms with Crippen molar-refractivity contribution in [2.45, 2.75) is 65.2 Å². The van der Waals surface area contributed by atoms with Crippen LogP contribution >= 0.6 is 34.0 Å². The molecule has 0 atom stereocenters. The van der Waals surface area contributed by atoms with E-state index in [1.165, 1.54) is 34.9 Å². The molecule has 9 heterocycles. The third kappa shape index (κ3) is 15.7. The number of H-pyrrole nitrogens is 1. The molecule has 0 aliphatic rings. The largest absolute Gasteiger partial charge is 0.493 e. The molecular formula is C68H60F3N13O8S3.